The van der Waals surface area contributed by atoms with Crippen molar-refractivity contribution in [1.29, 1.82) is 0 Å². The monoisotopic (exact) mass is 401 g/mol. The zero-order valence-electron chi connectivity index (χ0n) is 15.2. The second kappa shape index (κ2) is 8.11. The van der Waals surface area contributed by atoms with Gasteiger partial charge in [-0.3, -0.25) is 5.43 Å². The lowest BCUT2D eigenvalue weighted by Crippen LogP contribution is -2.30. The van der Waals surface area contributed by atoms with Gasteiger partial charge in [0.2, 0.25) is 5.88 Å². The van der Waals surface area contributed by atoms with E-state index in [9.17, 15) is 8.42 Å². The van der Waals surface area contributed by atoms with Gasteiger partial charge in [-0.15, -0.1) is 4.83 Å². The standard InChI is InChI=1S/C18H19N5O4S/c1-12-3-9-15(10-4-12)28(24,25)23-22-17-16(19)18(21-11-20-17)27-14-7-5-13(26-2)6-8-14/h3-11,23H,19H2,1-2H3,(H,20,21,22). The summed E-state index contributed by atoms with van der Waals surface area (Å²) in [7, 11) is -2.24. The van der Waals surface area contributed by atoms with Crippen molar-refractivity contribution in [3.63, 3.8) is 0 Å². The molecule has 0 radical (unpaired) electrons. The van der Waals surface area contributed by atoms with Crippen LogP contribution in [0.1, 0.15) is 5.56 Å². The normalized spacial score (nSPS) is 11.1. The van der Waals surface area contributed by atoms with Crippen LogP contribution in [0.3, 0.4) is 0 Å². The molecule has 146 valence electrons. The highest BCUT2D eigenvalue weighted by Gasteiger charge is 2.16. The molecule has 0 unspecified atom stereocenters. The van der Waals surface area contributed by atoms with Crippen LogP contribution in [-0.2, 0) is 10.0 Å². The van der Waals surface area contributed by atoms with Gasteiger partial charge in [-0.05, 0) is 43.3 Å². The van der Waals surface area contributed by atoms with Crippen LogP contribution >= 0.6 is 0 Å². The molecule has 3 rings (SSSR count). The zero-order chi connectivity index (χ0) is 20.1. The van der Waals surface area contributed by atoms with Gasteiger partial charge in [-0.1, -0.05) is 17.7 Å². The predicted molar refractivity (Wildman–Crippen MR) is 105 cm³/mol. The molecule has 3 aromatic rings. The number of methoxy groups -OCH3 is 1. The average molecular weight is 401 g/mol. The number of sulfonamides is 1. The van der Waals surface area contributed by atoms with Gasteiger partial charge in [0.1, 0.15) is 23.5 Å². The summed E-state index contributed by atoms with van der Waals surface area (Å²) in [5.74, 6) is 1.31. The summed E-state index contributed by atoms with van der Waals surface area (Å²) in [5.41, 5.74) is 9.50. The molecular formula is C18H19N5O4S. The third kappa shape index (κ3) is 4.48. The molecular weight excluding hydrogens is 382 g/mol. The highest BCUT2D eigenvalue weighted by atomic mass is 32.2. The number of ether oxygens (including phenoxy) is 2. The van der Waals surface area contributed by atoms with Gasteiger partial charge in [0.05, 0.1) is 12.0 Å². The average Bonchev–Trinajstić information content (AvgIpc) is 2.69. The fourth-order valence-electron chi connectivity index (χ4n) is 2.21. The van der Waals surface area contributed by atoms with Crippen LogP contribution in [0, 0.1) is 6.92 Å². The molecule has 28 heavy (non-hydrogen) atoms. The van der Waals surface area contributed by atoms with E-state index in [1.54, 1.807) is 43.5 Å². The molecule has 0 saturated heterocycles. The van der Waals surface area contributed by atoms with Crippen molar-refractivity contribution >= 4 is 21.5 Å². The zero-order valence-corrected chi connectivity index (χ0v) is 16.0. The Kier molecular flexibility index (Phi) is 5.62. The molecule has 1 aromatic heterocycles. The lowest BCUT2D eigenvalue weighted by Gasteiger charge is -2.13. The van der Waals surface area contributed by atoms with Crippen molar-refractivity contribution in [3.8, 4) is 17.4 Å². The third-order valence-corrected chi connectivity index (χ3v) is 5.02. The van der Waals surface area contributed by atoms with E-state index in [0.717, 1.165) is 5.56 Å². The molecule has 0 amide bonds. The number of anilines is 2. The second-order valence-electron chi connectivity index (χ2n) is 5.76. The number of hydrazine groups is 1. The topological polar surface area (TPSA) is 128 Å². The van der Waals surface area contributed by atoms with Gasteiger partial charge in [0, 0.05) is 0 Å². The summed E-state index contributed by atoms with van der Waals surface area (Å²) in [6.45, 7) is 1.87. The maximum absolute atomic E-state index is 12.4. The number of aryl methyl sites for hydroxylation is 1. The van der Waals surface area contributed by atoms with Crippen LogP contribution in [0.15, 0.2) is 59.8 Å². The maximum atomic E-state index is 12.4. The molecule has 10 heteroatoms. The van der Waals surface area contributed by atoms with E-state index < -0.39 is 10.0 Å². The Balaban J connectivity index is 1.74. The Morgan fingerprint density at radius 1 is 0.964 bits per heavy atom. The fourth-order valence-corrected chi connectivity index (χ4v) is 3.05. The molecule has 9 nitrogen and oxygen atoms in total. The van der Waals surface area contributed by atoms with Crippen LogP contribution in [0.25, 0.3) is 0 Å². The SMILES string of the molecule is COc1ccc(Oc2ncnc(NNS(=O)(=O)c3ccc(C)cc3)c2N)cc1. The molecule has 2 aromatic carbocycles. The minimum atomic E-state index is -3.80. The van der Waals surface area contributed by atoms with Gasteiger partial charge < -0.3 is 15.2 Å². The lowest BCUT2D eigenvalue weighted by molar-refractivity contribution is 0.412. The van der Waals surface area contributed by atoms with Crippen LogP contribution in [-0.4, -0.2) is 25.5 Å². The van der Waals surface area contributed by atoms with Gasteiger partial charge in [0.25, 0.3) is 10.0 Å². The maximum Gasteiger partial charge on any atom is 0.257 e. The third-order valence-electron chi connectivity index (χ3n) is 3.76. The molecule has 0 atom stereocenters. The molecule has 0 saturated carbocycles. The van der Waals surface area contributed by atoms with E-state index >= 15 is 0 Å². The number of nitrogens with two attached hydrogens (primary N) is 1. The van der Waals surface area contributed by atoms with Crippen molar-refractivity contribution in [2.75, 3.05) is 18.3 Å². The summed E-state index contributed by atoms with van der Waals surface area (Å²) >= 11 is 0. The predicted octanol–water partition coefficient (Wildman–Crippen LogP) is 2.47. The minimum Gasteiger partial charge on any atom is -0.497 e. The molecule has 0 fully saturated rings. The first-order valence-electron chi connectivity index (χ1n) is 8.16. The Bertz CT molecular complexity index is 1050. The first-order valence-corrected chi connectivity index (χ1v) is 9.64. The molecule has 0 aliphatic carbocycles. The number of hydrogen-bond acceptors (Lipinski definition) is 8. The Labute approximate surface area is 162 Å². The molecule has 4 N–H and O–H groups in total. The van der Waals surface area contributed by atoms with Crippen LogP contribution < -0.4 is 25.5 Å². The van der Waals surface area contributed by atoms with Crippen molar-refractivity contribution in [3.05, 3.63) is 60.4 Å². The number of hydrogen-bond donors (Lipinski definition) is 3. The number of nitrogen functional groups attached to an aromatic ring is 1. The van der Waals surface area contributed by atoms with Crippen molar-refractivity contribution in [1.82, 2.24) is 14.8 Å². The summed E-state index contributed by atoms with van der Waals surface area (Å²) < 4.78 is 35.4. The Morgan fingerprint density at radius 3 is 2.25 bits per heavy atom. The number of aromatic nitrogens is 2. The highest BCUT2D eigenvalue weighted by Crippen LogP contribution is 2.29. The summed E-state index contributed by atoms with van der Waals surface area (Å²) in [6, 6.07) is 13.2. The van der Waals surface area contributed by atoms with Crippen LogP contribution in [0.5, 0.6) is 17.4 Å². The van der Waals surface area contributed by atoms with E-state index in [1.165, 1.54) is 18.5 Å². The van der Waals surface area contributed by atoms with Crippen molar-refractivity contribution < 1.29 is 17.9 Å². The minimum absolute atomic E-state index is 0.0462. The highest BCUT2D eigenvalue weighted by molar-refractivity contribution is 7.89. The number of nitrogens with one attached hydrogen (secondary N) is 2. The molecule has 0 bridgehead atoms. The fraction of sp³-hybridized carbons (Fsp3) is 0.111. The summed E-state index contributed by atoms with van der Waals surface area (Å²) in [6.07, 6.45) is 1.21. The lowest BCUT2D eigenvalue weighted by atomic mass is 10.2. The van der Waals surface area contributed by atoms with Gasteiger partial charge in [0.15, 0.2) is 5.82 Å². The first-order chi connectivity index (χ1) is 13.4. The van der Waals surface area contributed by atoms with Crippen LogP contribution in [0.2, 0.25) is 0 Å². The van der Waals surface area contributed by atoms with Crippen LogP contribution in [0.4, 0.5) is 11.5 Å². The molecule has 0 aliphatic heterocycles. The quantitative estimate of drug-likeness (QED) is 0.515. The number of rotatable bonds is 7. The van der Waals surface area contributed by atoms with Gasteiger partial charge >= 0.3 is 0 Å². The Morgan fingerprint density at radius 2 is 1.61 bits per heavy atom. The first kappa shape index (κ1) is 19.4. The van der Waals surface area contributed by atoms with Crippen molar-refractivity contribution in [2.45, 2.75) is 11.8 Å². The number of nitrogens with zero attached hydrogens (tertiary/aromatic N) is 2. The second-order valence-corrected chi connectivity index (χ2v) is 7.44. The van der Waals surface area contributed by atoms with Gasteiger partial charge in [-0.25, -0.2) is 13.4 Å². The van der Waals surface area contributed by atoms with E-state index in [4.69, 9.17) is 15.2 Å². The summed E-state index contributed by atoms with van der Waals surface area (Å²) in [4.78, 5) is 10.3. The summed E-state index contributed by atoms with van der Waals surface area (Å²) in [5, 5.41) is 0. The van der Waals surface area contributed by atoms with E-state index in [0.29, 0.717) is 11.5 Å². The molecule has 0 spiro atoms. The van der Waals surface area contributed by atoms with E-state index in [-0.39, 0.29) is 22.3 Å². The Hall–Kier alpha value is -3.37. The van der Waals surface area contributed by atoms with E-state index in [2.05, 4.69) is 20.2 Å². The smallest absolute Gasteiger partial charge is 0.257 e. The van der Waals surface area contributed by atoms with E-state index in [1.807, 2.05) is 6.92 Å². The largest absolute Gasteiger partial charge is 0.497 e. The van der Waals surface area contributed by atoms with Gasteiger partial charge in [-0.2, -0.15) is 4.98 Å². The molecule has 0 aliphatic rings. The molecule has 1 heterocycles. The van der Waals surface area contributed by atoms with Crippen molar-refractivity contribution in [2.24, 2.45) is 0 Å². The number of benzene rings is 2.